The van der Waals surface area contributed by atoms with E-state index in [9.17, 15) is 14.7 Å². The number of carbonyl (C=O) groups is 2. The summed E-state index contributed by atoms with van der Waals surface area (Å²) in [4.78, 5) is 24.1. The van der Waals surface area contributed by atoms with Crippen LogP contribution in [0.15, 0.2) is 0 Å². The molecule has 1 N–H and O–H groups in total. The van der Waals surface area contributed by atoms with Gasteiger partial charge < -0.3 is 14.6 Å². The lowest BCUT2D eigenvalue weighted by molar-refractivity contribution is -0.161. The molecule has 0 fully saturated rings. The van der Waals surface area contributed by atoms with E-state index in [-0.39, 0.29) is 25.2 Å². The smallest absolute Gasteiger partial charge is 0.306 e. The minimum Gasteiger partial charge on any atom is -0.462 e. The monoisotopic (exact) mass is 569 g/mol. The second-order valence-corrected chi connectivity index (χ2v) is 12.0. The molecule has 5 heteroatoms. The molecular weight excluding hydrogens is 500 g/mol. The molecule has 0 spiro atoms. The molecule has 0 aliphatic rings. The van der Waals surface area contributed by atoms with Gasteiger partial charge in [0.2, 0.25) is 0 Å². The van der Waals surface area contributed by atoms with Gasteiger partial charge in [0, 0.05) is 12.8 Å². The minimum atomic E-state index is -0.759. The van der Waals surface area contributed by atoms with Gasteiger partial charge in [-0.25, -0.2) is 0 Å². The summed E-state index contributed by atoms with van der Waals surface area (Å²) >= 11 is 0. The van der Waals surface area contributed by atoms with E-state index in [0.29, 0.717) is 12.8 Å². The third-order valence-electron chi connectivity index (χ3n) is 7.90. The van der Waals surface area contributed by atoms with E-state index in [2.05, 4.69) is 13.8 Å². The van der Waals surface area contributed by atoms with E-state index < -0.39 is 6.10 Å². The Bertz CT molecular complexity index is 536. The standard InChI is InChI=1S/C35H68O5/c1-3-5-7-9-11-13-15-16-17-18-20-22-24-26-28-30-35(38)40-33(31-36)32-39-34(37)29-27-25-23-21-19-14-12-10-8-6-4-2/h33,36H,3-32H2,1-2H3/t33-/m0/s1. The van der Waals surface area contributed by atoms with E-state index in [1.807, 2.05) is 0 Å². The Morgan fingerprint density at radius 2 is 0.775 bits per heavy atom. The van der Waals surface area contributed by atoms with Crippen molar-refractivity contribution in [1.29, 1.82) is 0 Å². The number of hydrogen-bond acceptors (Lipinski definition) is 5. The van der Waals surface area contributed by atoms with Crippen molar-refractivity contribution < 1.29 is 24.2 Å². The van der Waals surface area contributed by atoms with Crippen LogP contribution in [0.1, 0.15) is 194 Å². The van der Waals surface area contributed by atoms with Crippen molar-refractivity contribution in [3.8, 4) is 0 Å². The van der Waals surface area contributed by atoms with Crippen LogP contribution in [0.4, 0.5) is 0 Å². The van der Waals surface area contributed by atoms with Crippen molar-refractivity contribution in [2.75, 3.05) is 13.2 Å². The molecule has 40 heavy (non-hydrogen) atoms. The molecule has 1 atom stereocenters. The summed E-state index contributed by atoms with van der Waals surface area (Å²) in [6.45, 7) is 4.14. The van der Waals surface area contributed by atoms with Crippen LogP contribution in [0, 0.1) is 0 Å². The maximum absolute atomic E-state index is 12.1. The molecule has 0 heterocycles. The second-order valence-electron chi connectivity index (χ2n) is 12.0. The van der Waals surface area contributed by atoms with Gasteiger partial charge in [-0.15, -0.1) is 0 Å². The molecule has 0 aromatic carbocycles. The van der Waals surface area contributed by atoms with Crippen LogP contribution in [0.2, 0.25) is 0 Å². The highest BCUT2D eigenvalue weighted by atomic mass is 16.6. The summed E-state index contributed by atoms with van der Waals surface area (Å²) < 4.78 is 10.6. The first-order chi connectivity index (χ1) is 19.6. The number of esters is 2. The Morgan fingerprint density at radius 3 is 1.10 bits per heavy atom. The predicted octanol–water partition coefficient (Wildman–Crippen LogP) is 10.4. The van der Waals surface area contributed by atoms with Gasteiger partial charge in [-0.05, 0) is 12.8 Å². The normalized spacial score (nSPS) is 12.0. The van der Waals surface area contributed by atoms with Crippen LogP contribution < -0.4 is 0 Å². The molecular formula is C35H68O5. The first-order valence-electron chi connectivity index (χ1n) is 17.6. The number of unbranched alkanes of at least 4 members (excludes halogenated alkanes) is 24. The number of carbonyl (C=O) groups excluding carboxylic acids is 2. The van der Waals surface area contributed by atoms with Crippen molar-refractivity contribution in [3.05, 3.63) is 0 Å². The van der Waals surface area contributed by atoms with Crippen molar-refractivity contribution >= 4 is 11.9 Å². The van der Waals surface area contributed by atoms with Crippen LogP contribution in [0.5, 0.6) is 0 Å². The summed E-state index contributed by atoms with van der Waals surface area (Å²) in [5.41, 5.74) is 0. The van der Waals surface area contributed by atoms with Crippen LogP contribution in [0.25, 0.3) is 0 Å². The SMILES string of the molecule is CCCCCCCCCCCCCCCCCC(=O)O[C@@H](CO)COC(=O)CCCCCCCCCCCCC. The molecule has 0 rings (SSSR count). The van der Waals surface area contributed by atoms with E-state index >= 15 is 0 Å². The molecule has 0 aliphatic heterocycles. The highest BCUT2D eigenvalue weighted by Crippen LogP contribution is 2.15. The van der Waals surface area contributed by atoms with Gasteiger partial charge in [-0.2, -0.15) is 0 Å². The molecule has 0 radical (unpaired) electrons. The zero-order valence-corrected chi connectivity index (χ0v) is 26.9. The largest absolute Gasteiger partial charge is 0.462 e. The zero-order valence-electron chi connectivity index (χ0n) is 26.9. The fourth-order valence-corrected chi connectivity index (χ4v) is 5.20. The average molecular weight is 569 g/mol. The van der Waals surface area contributed by atoms with E-state index in [4.69, 9.17) is 9.47 Å². The highest BCUT2D eigenvalue weighted by molar-refractivity contribution is 5.70. The van der Waals surface area contributed by atoms with Crippen LogP contribution >= 0.6 is 0 Å². The number of aliphatic hydroxyl groups excluding tert-OH is 1. The molecule has 0 aliphatic carbocycles. The Balaban J connectivity index is 3.52. The minimum absolute atomic E-state index is 0.0576. The molecule has 238 valence electrons. The summed E-state index contributed by atoms with van der Waals surface area (Å²) in [6, 6.07) is 0. The lowest BCUT2D eigenvalue weighted by Gasteiger charge is -2.15. The molecule has 0 unspecified atom stereocenters. The van der Waals surface area contributed by atoms with Gasteiger partial charge in [-0.1, -0.05) is 168 Å². The van der Waals surface area contributed by atoms with Crippen LogP contribution in [0.3, 0.4) is 0 Å². The number of ether oxygens (including phenoxy) is 2. The number of rotatable bonds is 32. The van der Waals surface area contributed by atoms with Crippen molar-refractivity contribution in [2.45, 2.75) is 200 Å². The predicted molar refractivity (Wildman–Crippen MR) is 169 cm³/mol. The molecule has 0 aromatic rings. The van der Waals surface area contributed by atoms with Gasteiger partial charge in [0.25, 0.3) is 0 Å². The van der Waals surface area contributed by atoms with Gasteiger partial charge in [0.05, 0.1) is 6.61 Å². The topological polar surface area (TPSA) is 72.8 Å². The number of aliphatic hydroxyl groups is 1. The maximum atomic E-state index is 12.1. The first-order valence-corrected chi connectivity index (χ1v) is 17.6. The zero-order chi connectivity index (χ0) is 29.4. The van der Waals surface area contributed by atoms with Crippen molar-refractivity contribution in [2.24, 2.45) is 0 Å². The Kier molecular flexibility index (Phi) is 31.5. The van der Waals surface area contributed by atoms with Crippen LogP contribution in [-0.2, 0) is 19.1 Å². The Labute approximate surface area is 248 Å². The summed E-state index contributed by atoms with van der Waals surface area (Å²) in [5, 5.41) is 9.50. The third-order valence-corrected chi connectivity index (χ3v) is 7.90. The molecule has 0 bridgehead atoms. The van der Waals surface area contributed by atoms with Gasteiger partial charge in [-0.3, -0.25) is 9.59 Å². The summed E-state index contributed by atoms with van der Waals surface area (Å²) in [5.74, 6) is -0.581. The van der Waals surface area contributed by atoms with Crippen molar-refractivity contribution in [3.63, 3.8) is 0 Å². The first kappa shape index (κ1) is 38.9. The fourth-order valence-electron chi connectivity index (χ4n) is 5.20. The lowest BCUT2D eigenvalue weighted by Crippen LogP contribution is -2.28. The Hall–Kier alpha value is -1.10. The summed E-state index contributed by atoms with van der Waals surface area (Å²) in [7, 11) is 0. The van der Waals surface area contributed by atoms with Gasteiger partial charge >= 0.3 is 11.9 Å². The van der Waals surface area contributed by atoms with E-state index in [0.717, 1.165) is 32.1 Å². The number of hydrogen-bond donors (Lipinski definition) is 1. The van der Waals surface area contributed by atoms with E-state index in [1.165, 1.54) is 135 Å². The van der Waals surface area contributed by atoms with Gasteiger partial charge in [0.1, 0.15) is 6.61 Å². The molecule has 0 saturated heterocycles. The van der Waals surface area contributed by atoms with Gasteiger partial charge in [0.15, 0.2) is 6.10 Å². The maximum Gasteiger partial charge on any atom is 0.306 e. The molecule has 0 saturated carbocycles. The Morgan fingerprint density at radius 1 is 0.475 bits per heavy atom. The van der Waals surface area contributed by atoms with Crippen molar-refractivity contribution in [1.82, 2.24) is 0 Å². The fraction of sp³-hybridized carbons (Fsp3) is 0.943. The molecule has 0 amide bonds. The summed E-state index contributed by atoms with van der Waals surface area (Å²) in [6.07, 6.45) is 33.0. The quantitative estimate of drug-likeness (QED) is 0.0645. The van der Waals surface area contributed by atoms with E-state index in [1.54, 1.807) is 0 Å². The average Bonchev–Trinajstić information content (AvgIpc) is 2.96. The second kappa shape index (κ2) is 32.4. The molecule has 0 aromatic heterocycles. The highest BCUT2D eigenvalue weighted by Gasteiger charge is 2.16. The van der Waals surface area contributed by atoms with Crippen LogP contribution in [-0.4, -0.2) is 36.4 Å². The molecule has 5 nitrogen and oxygen atoms in total. The lowest BCUT2D eigenvalue weighted by atomic mass is 10.0. The third kappa shape index (κ3) is 29.9.